The molecule has 3 nitrogen and oxygen atoms in total. The molecule has 0 saturated heterocycles. The Morgan fingerprint density at radius 3 is 3.21 bits per heavy atom. The number of anilines is 1. The fourth-order valence-electron chi connectivity index (χ4n) is 1.27. The summed E-state index contributed by atoms with van der Waals surface area (Å²) in [6.45, 7) is 6.53. The minimum Gasteiger partial charge on any atom is -0.464 e. The fourth-order valence-corrected chi connectivity index (χ4v) is 1.27. The molecule has 0 spiro atoms. The summed E-state index contributed by atoms with van der Waals surface area (Å²) in [7, 11) is 0. The maximum Gasteiger partial charge on any atom is 0.139 e. The maximum absolute atomic E-state index is 5.26. The van der Waals surface area contributed by atoms with Crippen LogP contribution in [0.1, 0.15) is 6.92 Å². The first-order valence-electron chi connectivity index (χ1n) is 4.48. The molecule has 1 N–H and O–H groups in total. The largest absolute Gasteiger partial charge is 0.464 e. The molecule has 0 aromatic carbocycles. The Morgan fingerprint density at radius 2 is 2.43 bits per heavy atom. The van der Waals surface area contributed by atoms with Gasteiger partial charge in [-0.1, -0.05) is 12.2 Å². The van der Waals surface area contributed by atoms with Gasteiger partial charge in [0.1, 0.15) is 11.4 Å². The predicted octanol–water partition coefficient (Wildman–Crippen LogP) is 2.82. The number of furan rings is 1. The standard InChI is InChI=1S/C11H12N2O/c1-8(2)7-13-11-9-4-6-14-10(9)3-5-12-11/h3-6H,1,7H2,2H3,(H,12,13). The van der Waals surface area contributed by atoms with Crippen LogP contribution in [0.15, 0.2) is 41.2 Å². The summed E-state index contributed by atoms with van der Waals surface area (Å²) in [5.74, 6) is 0.847. The van der Waals surface area contributed by atoms with Crippen LogP contribution in [0.5, 0.6) is 0 Å². The van der Waals surface area contributed by atoms with Crippen LogP contribution >= 0.6 is 0 Å². The van der Waals surface area contributed by atoms with Gasteiger partial charge in [0.2, 0.25) is 0 Å². The molecule has 2 rings (SSSR count). The molecular weight excluding hydrogens is 176 g/mol. The van der Waals surface area contributed by atoms with Gasteiger partial charge in [-0.2, -0.15) is 0 Å². The van der Waals surface area contributed by atoms with Crippen LogP contribution in [0.4, 0.5) is 5.82 Å². The minimum absolute atomic E-state index is 0.733. The van der Waals surface area contributed by atoms with Crippen LogP contribution in [0.2, 0.25) is 0 Å². The SMILES string of the molecule is C=C(C)CNc1nccc2occc12. The number of aromatic nitrogens is 1. The summed E-state index contributed by atoms with van der Waals surface area (Å²) in [5.41, 5.74) is 1.93. The van der Waals surface area contributed by atoms with Crippen LogP contribution in [-0.4, -0.2) is 11.5 Å². The average Bonchev–Trinajstić information content (AvgIpc) is 2.62. The molecule has 72 valence electrons. The summed E-state index contributed by atoms with van der Waals surface area (Å²) in [6.07, 6.45) is 3.39. The molecule has 0 aliphatic heterocycles. The van der Waals surface area contributed by atoms with Crippen molar-refractivity contribution in [3.63, 3.8) is 0 Å². The van der Waals surface area contributed by atoms with Crippen LogP contribution in [0.25, 0.3) is 11.0 Å². The Hall–Kier alpha value is -1.77. The van der Waals surface area contributed by atoms with Crippen molar-refractivity contribution in [1.29, 1.82) is 0 Å². The summed E-state index contributed by atoms with van der Waals surface area (Å²) < 4.78 is 5.26. The molecule has 14 heavy (non-hydrogen) atoms. The topological polar surface area (TPSA) is 38.1 Å². The highest BCUT2D eigenvalue weighted by Crippen LogP contribution is 2.21. The lowest BCUT2D eigenvalue weighted by atomic mass is 10.3. The highest BCUT2D eigenvalue weighted by Gasteiger charge is 2.02. The van der Waals surface area contributed by atoms with Gasteiger partial charge in [0, 0.05) is 12.7 Å². The molecule has 0 unspecified atom stereocenters. The van der Waals surface area contributed by atoms with Crippen molar-refractivity contribution < 1.29 is 4.42 Å². The lowest BCUT2D eigenvalue weighted by Gasteiger charge is -2.04. The van der Waals surface area contributed by atoms with E-state index in [1.165, 1.54) is 0 Å². The van der Waals surface area contributed by atoms with Crippen molar-refractivity contribution in [2.75, 3.05) is 11.9 Å². The van der Waals surface area contributed by atoms with E-state index >= 15 is 0 Å². The molecule has 0 atom stereocenters. The molecule has 0 fully saturated rings. The zero-order valence-corrected chi connectivity index (χ0v) is 8.08. The van der Waals surface area contributed by atoms with E-state index in [1.807, 2.05) is 19.1 Å². The molecule has 0 amide bonds. The number of fused-ring (bicyclic) bond motifs is 1. The van der Waals surface area contributed by atoms with Gasteiger partial charge in [-0.25, -0.2) is 4.98 Å². The zero-order chi connectivity index (χ0) is 9.97. The second kappa shape index (κ2) is 3.54. The number of rotatable bonds is 3. The first-order chi connectivity index (χ1) is 6.77. The smallest absolute Gasteiger partial charge is 0.139 e. The Balaban J connectivity index is 2.32. The quantitative estimate of drug-likeness (QED) is 0.752. The third kappa shape index (κ3) is 1.62. The second-order valence-electron chi connectivity index (χ2n) is 3.30. The third-order valence-electron chi connectivity index (χ3n) is 1.94. The molecule has 0 radical (unpaired) electrons. The number of hydrogen-bond acceptors (Lipinski definition) is 3. The van der Waals surface area contributed by atoms with Crippen LogP contribution in [0, 0.1) is 0 Å². The van der Waals surface area contributed by atoms with Gasteiger partial charge in [0.25, 0.3) is 0 Å². The van der Waals surface area contributed by atoms with Crippen molar-refractivity contribution in [3.05, 3.63) is 36.7 Å². The average molecular weight is 188 g/mol. The summed E-state index contributed by atoms with van der Waals surface area (Å²) in [6, 6.07) is 3.75. The van der Waals surface area contributed by atoms with E-state index in [0.29, 0.717) is 0 Å². The Morgan fingerprint density at radius 1 is 1.57 bits per heavy atom. The Labute approximate surface area is 82.4 Å². The van der Waals surface area contributed by atoms with Gasteiger partial charge in [-0.15, -0.1) is 0 Å². The van der Waals surface area contributed by atoms with Crippen molar-refractivity contribution >= 4 is 16.8 Å². The van der Waals surface area contributed by atoms with E-state index in [2.05, 4.69) is 16.9 Å². The minimum atomic E-state index is 0.733. The van der Waals surface area contributed by atoms with E-state index in [9.17, 15) is 0 Å². The molecule has 0 bridgehead atoms. The zero-order valence-electron chi connectivity index (χ0n) is 8.08. The lowest BCUT2D eigenvalue weighted by Crippen LogP contribution is -2.03. The van der Waals surface area contributed by atoms with Crippen LogP contribution in [0.3, 0.4) is 0 Å². The Bertz CT molecular complexity index is 459. The summed E-state index contributed by atoms with van der Waals surface area (Å²) in [5, 5.41) is 4.21. The van der Waals surface area contributed by atoms with Crippen molar-refractivity contribution in [2.45, 2.75) is 6.92 Å². The first kappa shape index (κ1) is 8.81. The Kier molecular flexibility index (Phi) is 2.23. The second-order valence-corrected chi connectivity index (χ2v) is 3.30. The maximum atomic E-state index is 5.26. The van der Waals surface area contributed by atoms with E-state index in [0.717, 1.165) is 28.9 Å². The monoisotopic (exact) mass is 188 g/mol. The van der Waals surface area contributed by atoms with Crippen LogP contribution in [-0.2, 0) is 0 Å². The van der Waals surface area contributed by atoms with Gasteiger partial charge < -0.3 is 9.73 Å². The van der Waals surface area contributed by atoms with E-state index in [1.54, 1.807) is 12.5 Å². The van der Waals surface area contributed by atoms with Gasteiger partial charge in [0.05, 0.1) is 11.6 Å². The van der Waals surface area contributed by atoms with E-state index in [4.69, 9.17) is 4.42 Å². The fraction of sp³-hybridized carbons (Fsp3) is 0.182. The number of pyridine rings is 1. The molecule has 2 aromatic heterocycles. The van der Waals surface area contributed by atoms with Gasteiger partial charge in [-0.3, -0.25) is 0 Å². The number of nitrogens with one attached hydrogen (secondary N) is 1. The molecule has 0 aliphatic rings. The molecule has 2 heterocycles. The molecule has 2 aromatic rings. The molecular formula is C11H12N2O. The van der Waals surface area contributed by atoms with Crippen molar-refractivity contribution in [3.8, 4) is 0 Å². The highest BCUT2D eigenvalue weighted by molar-refractivity contribution is 5.87. The van der Waals surface area contributed by atoms with E-state index < -0.39 is 0 Å². The van der Waals surface area contributed by atoms with Gasteiger partial charge >= 0.3 is 0 Å². The summed E-state index contributed by atoms with van der Waals surface area (Å²) >= 11 is 0. The molecule has 0 saturated carbocycles. The van der Waals surface area contributed by atoms with Crippen LogP contribution < -0.4 is 5.32 Å². The predicted molar refractivity (Wildman–Crippen MR) is 57.3 cm³/mol. The highest BCUT2D eigenvalue weighted by atomic mass is 16.3. The number of hydrogen-bond donors (Lipinski definition) is 1. The third-order valence-corrected chi connectivity index (χ3v) is 1.94. The first-order valence-corrected chi connectivity index (χ1v) is 4.48. The molecule has 0 aliphatic carbocycles. The lowest BCUT2D eigenvalue weighted by molar-refractivity contribution is 0.615. The van der Waals surface area contributed by atoms with E-state index in [-0.39, 0.29) is 0 Å². The van der Waals surface area contributed by atoms with Gasteiger partial charge in [-0.05, 0) is 19.1 Å². The normalized spacial score (nSPS) is 10.4. The van der Waals surface area contributed by atoms with Crippen molar-refractivity contribution in [1.82, 2.24) is 4.98 Å². The summed E-state index contributed by atoms with van der Waals surface area (Å²) in [4.78, 5) is 4.24. The molecule has 3 heteroatoms. The number of nitrogens with zero attached hydrogens (tertiary/aromatic N) is 1. The van der Waals surface area contributed by atoms with Gasteiger partial charge in [0.15, 0.2) is 0 Å². The van der Waals surface area contributed by atoms with Crippen molar-refractivity contribution in [2.24, 2.45) is 0 Å².